The van der Waals surface area contributed by atoms with Gasteiger partial charge in [0.15, 0.2) is 0 Å². The summed E-state index contributed by atoms with van der Waals surface area (Å²) < 4.78 is 5.02. The molecular formula is C12H25N3O. The summed E-state index contributed by atoms with van der Waals surface area (Å²) >= 11 is 0. The van der Waals surface area contributed by atoms with E-state index in [4.69, 9.17) is 10.00 Å². The van der Waals surface area contributed by atoms with Crippen LogP contribution in [-0.4, -0.2) is 51.3 Å². The van der Waals surface area contributed by atoms with Crippen LogP contribution in [0, 0.1) is 11.3 Å². The second-order valence-electron chi connectivity index (χ2n) is 4.20. The predicted octanol–water partition coefficient (Wildman–Crippen LogP) is 1.24. The standard InChI is InChI=1S/C12H25N3O/c1-5-12(11-13,14-2)7-6-8-15(3)9-10-16-4/h14H,5-10H2,1-4H3. The molecule has 0 amide bonds. The molecule has 0 aromatic carbocycles. The fourth-order valence-corrected chi connectivity index (χ4v) is 1.68. The molecule has 0 aromatic rings. The number of rotatable bonds is 9. The summed E-state index contributed by atoms with van der Waals surface area (Å²) in [4.78, 5) is 2.23. The smallest absolute Gasteiger partial charge is 0.106 e. The van der Waals surface area contributed by atoms with Crippen LogP contribution < -0.4 is 5.32 Å². The SMILES string of the molecule is CCC(C#N)(CCCN(C)CCOC)NC. The molecule has 1 atom stereocenters. The molecule has 0 bridgehead atoms. The number of nitriles is 1. The van der Waals surface area contributed by atoms with Crippen molar-refractivity contribution in [3.63, 3.8) is 0 Å². The fraction of sp³-hybridized carbons (Fsp3) is 0.917. The first kappa shape index (κ1) is 15.4. The summed E-state index contributed by atoms with van der Waals surface area (Å²) in [5, 5.41) is 12.3. The molecule has 0 spiro atoms. The zero-order valence-electron chi connectivity index (χ0n) is 11.0. The van der Waals surface area contributed by atoms with Gasteiger partial charge in [-0.05, 0) is 39.9 Å². The maximum absolute atomic E-state index is 9.14. The average molecular weight is 227 g/mol. The Hall–Kier alpha value is -0.630. The number of likely N-dealkylation sites (N-methyl/N-ethyl adjacent to an activating group) is 1. The van der Waals surface area contributed by atoms with Crippen molar-refractivity contribution < 1.29 is 4.74 Å². The van der Waals surface area contributed by atoms with Crippen molar-refractivity contribution in [3.8, 4) is 6.07 Å². The maximum Gasteiger partial charge on any atom is 0.106 e. The molecule has 0 fully saturated rings. The average Bonchev–Trinajstić information content (AvgIpc) is 2.33. The highest BCUT2D eigenvalue weighted by Crippen LogP contribution is 2.15. The van der Waals surface area contributed by atoms with Gasteiger partial charge in [0, 0.05) is 13.7 Å². The van der Waals surface area contributed by atoms with Gasteiger partial charge in [-0.15, -0.1) is 0 Å². The van der Waals surface area contributed by atoms with Crippen molar-refractivity contribution in [2.45, 2.75) is 31.7 Å². The summed E-state index contributed by atoms with van der Waals surface area (Å²) in [5.41, 5.74) is -0.345. The number of nitrogens with zero attached hydrogens (tertiary/aromatic N) is 2. The lowest BCUT2D eigenvalue weighted by atomic mass is 9.92. The van der Waals surface area contributed by atoms with E-state index >= 15 is 0 Å². The van der Waals surface area contributed by atoms with E-state index in [-0.39, 0.29) is 5.54 Å². The van der Waals surface area contributed by atoms with E-state index in [1.807, 2.05) is 14.0 Å². The molecule has 16 heavy (non-hydrogen) atoms. The van der Waals surface area contributed by atoms with Crippen molar-refractivity contribution in [1.29, 1.82) is 5.26 Å². The number of ether oxygens (including phenoxy) is 1. The molecule has 0 saturated carbocycles. The molecule has 0 radical (unpaired) electrons. The Morgan fingerprint density at radius 1 is 1.44 bits per heavy atom. The zero-order valence-corrected chi connectivity index (χ0v) is 11.0. The third-order valence-corrected chi connectivity index (χ3v) is 3.12. The largest absolute Gasteiger partial charge is 0.383 e. The fourth-order valence-electron chi connectivity index (χ4n) is 1.68. The van der Waals surface area contributed by atoms with Gasteiger partial charge >= 0.3 is 0 Å². The van der Waals surface area contributed by atoms with Gasteiger partial charge in [0.25, 0.3) is 0 Å². The first-order valence-electron chi connectivity index (χ1n) is 5.91. The van der Waals surface area contributed by atoms with E-state index in [0.29, 0.717) is 0 Å². The third-order valence-electron chi connectivity index (χ3n) is 3.12. The van der Waals surface area contributed by atoms with Crippen LogP contribution in [0.25, 0.3) is 0 Å². The molecule has 1 N–H and O–H groups in total. The maximum atomic E-state index is 9.14. The molecule has 0 aliphatic carbocycles. The van der Waals surface area contributed by atoms with Crippen LogP contribution >= 0.6 is 0 Å². The van der Waals surface area contributed by atoms with E-state index in [0.717, 1.165) is 39.0 Å². The Morgan fingerprint density at radius 2 is 2.12 bits per heavy atom. The monoisotopic (exact) mass is 227 g/mol. The molecule has 0 aliphatic heterocycles. The van der Waals surface area contributed by atoms with Gasteiger partial charge in [0.1, 0.15) is 5.54 Å². The number of nitrogens with one attached hydrogen (secondary N) is 1. The van der Waals surface area contributed by atoms with E-state index in [9.17, 15) is 0 Å². The predicted molar refractivity (Wildman–Crippen MR) is 66.3 cm³/mol. The van der Waals surface area contributed by atoms with Gasteiger partial charge in [-0.1, -0.05) is 6.92 Å². The van der Waals surface area contributed by atoms with Crippen LogP contribution in [0.4, 0.5) is 0 Å². The first-order chi connectivity index (χ1) is 7.64. The summed E-state index contributed by atoms with van der Waals surface area (Å²) in [6.45, 7) is 4.77. The molecule has 0 aliphatic rings. The summed E-state index contributed by atoms with van der Waals surface area (Å²) in [7, 11) is 5.66. The van der Waals surface area contributed by atoms with E-state index in [2.05, 4.69) is 23.3 Å². The van der Waals surface area contributed by atoms with Crippen molar-refractivity contribution in [3.05, 3.63) is 0 Å². The summed E-state index contributed by atoms with van der Waals surface area (Å²) in [5.74, 6) is 0. The molecule has 4 heteroatoms. The van der Waals surface area contributed by atoms with Crippen molar-refractivity contribution in [1.82, 2.24) is 10.2 Å². The van der Waals surface area contributed by atoms with Crippen molar-refractivity contribution >= 4 is 0 Å². The van der Waals surface area contributed by atoms with Crippen molar-refractivity contribution in [2.24, 2.45) is 0 Å². The molecule has 0 saturated heterocycles. The first-order valence-corrected chi connectivity index (χ1v) is 5.91. The van der Waals surface area contributed by atoms with Gasteiger partial charge < -0.3 is 15.0 Å². The van der Waals surface area contributed by atoms with Crippen LogP contribution in [-0.2, 0) is 4.74 Å². The molecule has 4 nitrogen and oxygen atoms in total. The summed E-state index contributed by atoms with van der Waals surface area (Å²) in [6, 6.07) is 2.38. The highest BCUT2D eigenvalue weighted by Gasteiger charge is 2.24. The Labute approximate surface area is 99.6 Å². The summed E-state index contributed by atoms with van der Waals surface area (Å²) in [6.07, 6.45) is 2.78. The Balaban J connectivity index is 3.83. The lowest BCUT2D eigenvalue weighted by Gasteiger charge is -2.25. The van der Waals surface area contributed by atoms with Gasteiger partial charge in [-0.2, -0.15) is 5.26 Å². The van der Waals surface area contributed by atoms with Crippen LogP contribution in [0.1, 0.15) is 26.2 Å². The van der Waals surface area contributed by atoms with E-state index < -0.39 is 0 Å². The highest BCUT2D eigenvalue weighted by atomic mass is 16.5. The Morgan fingerprint density at radius 3 is 2.56 bits per heavy atom. The van der Waals surface area contributed by atoms with Gasteiger partial charge in [0.2, 0.25) is 0 Å². The molecule has 94 valence electrons. The number of hydrogen-bond acceptors (Lipinski definition) is 4. The third kappa shape index (κ3) is 5.45. The van der Waals surface area contributed by atoms with Crippen LogP contribution in [0.3, 0.4) is 0 Å². The zero-order chi connectivity index (χ0) is 12.4. The minimum atomic E-state index is -0.345. The number of methoxy groups -OCH3 is 1. The number of hydrogen-bond donors (Lipinski definition) is 1. The molecule has 0 rings (SSSR count). The second-order valence-corrected chi connectivity index (χ2v) is 4.20. The minimum absolute atomic E-state index is 0.345. The molecular weight excluding hydrogens is 202 g/mol. The Bertz CT molecular complexity index is 209. The lowest BCUT2D eigenvalue weighted by molar-refractivity contribution is 0.159. The van der Waals surface area contributed by atoms with E-state index in [1.54, 1.807) is 7.11 Å². The molecule has 0 aromatic heterocycles. The second kappa shape index (κ2) is 8.51. The van der Waals surface area contributed by atoms with Crippen LogP contribution in [0.5, 0.6) is 0 Å². The normalized spacial score (nSPS) is 14.8. The quantitative estimate of drug-likeness (QED) is 0.644. The van der Waals surface area contributed by atoms with Crippen LogP contribution in [0.2, 0.25) is 0 Å². The molecule has 1 unspecified atom stereocenters. The Kier molecular flexibility index (Phi) is 8.18. The highest BCUT2D eigenvalue weighted by molar-refractivity contribution is 5.05. The van der Waals surface area contributed by atoms with Gasteiger partial charge in [0.05, 0.1) is 12.7 Å². The van der Waals surface area contributed by atoms with Crippen LogP contribution in [0.15, 0.2) is 0 Å². The molecule has 0 heterocycles. The van der Waals surface area contributed by atoms with Gasteiger partial charge in [-0.25, -0.2) is 0 Å². The lowest BCUT2D eigenvalue weighted by Crippen LogP contribution is -2.41. The topological polar surface area (TPSA) is 48.3 Å². The van der Waals surface area contributed by atoms with Crippen molar-refractivity contribution in [2.75, 3.05) is 40.9 Å². The van der Waals surface area contributed by atoms with E-state index in [1.165, 1.54) is 0 Å². The minimum Gasteiger partial charge on any atom is -0.383 e. The van der Waals surface area contributed by atoms with Gasteiger partial charge in [-0.3, -0.25) is 0 Å².